The maximum absolute atomic E-state index is 5.70. The van der Waals surface area contributed by atoms with Crippen molar-refractivity contribution in [1.29, 1.82) is 0 Å². The summed E-state index contributed by atoms with van der Waals surface area (Å²) in [6.45, 7) is 0.684. The minimum absolute atomic E-state index is 0.684. The van der Waals surface area contributed by atoms with Gasteiger partial charge in [-0.05, 0) is 18.2 Å². The van der Waals surface area contributed by atoms with E-state index in [-0.39, 0.29) is 0 Å². The maximum Gasteiger partial charge on any atom is 0.169 e. The molecule has 88 valence electrons. The van der Waals surface area contributed by atoms with Crippen LogP contribution in [-0.4, -0.2) is 11.6 Å². The molecule has 18 heavy (non-hydrogen) atoms. The second kappa shape index (κ2) is 3.53. The highest BCUT2D eigenvalue weighted by Crippen LogP contribution is 2.33. The highest BCUT2D eigenvalue weighted by Gasteiger charge is 2.14. The Morgan fingerprint density at radius 3 is 2.78 bits per heavy atom. The molecule has 4 rings (SSSR count). The number of rotatable bonds is 2. The van der Waals surface area contributed by atoms with Crippen molar-refractivity contribution in [1.82, 2.24) is 4.98 Å². The second-order valence-corrected chi connectivity index (χ2v) is 4.34. The monoisotopic (exact) mass is 237 g/mol. The predicted molar refractivity (Wildman–Crippen MR) is 70.5 cm³/mol. The number of nitrogens with one attached hydrogen (secondary N) is 1. The lowest BCUT2D eigenvalue weighted by molar-refractivity contribution is 0.453. The molecule has 1 aliphatic heterocycles. The van der Waals surface area contributed by atoms with Crippen molar-refractivity contribution in [3.05, 3.63) is 54.5 Å². The van der Waals surface area contributed by atoms with Crippen LogP contribution in [0.2, 0.25) is 0 Å². The number of aromatic nitrogens is 1. The normalized spacial score (nSPS) is 16.1. The van der Waals surface area contributed by atoms with Gasteiger partial charge in [-0.1, -0.05) is 24.3 Å². The molecule has 0 spiro atoms. The minimum Gasteiger partial charge on any atom is -0.483 e. The van der Waals surface area contributed by atoms with E-state index in [2.05, 4.69) is 23.2 Å². The Kier molecular flexibility index (Phi) is 1.88. The number of aromatic amines is 1. The molecule has 3 nitrogen and oxygen atoms in total. The first-order valence-corrected chi connectivity index (χ1v) is 5.90. The third-order valence-electron chi connectivity index (χ3n) is 3.12. The Hall–Kier alpha value is -2.42. The van der Waals surface area contributed by atoms with E-state index in [1.807, 2.05) is 24.3 Å². The molecule has 0 atom stereocenters. The Balaban J connectivity index is 1.97. The molecule has 0 bridgehead atoms. The molecule has 1 aliphatic rings. The summed E-state index contributed by atoms with van der Waals surface area (Å²) in [5.74, 6) is 1.75. The predicted octanol–water partition coefficient (Wildman–Crippen LogP) is 3.57. The fraction of sp³-hybridized carbons (Fsp3) is 0.0667. The highest BCUT2D eigenvalue weighted by atomic mass is 16.6. The van der Waals surface area contributed by atoms with E-state index >= 15 is 0 Å². The quantitative estimate of drug-likeness (QED) is 0.546. The number of epoxide rings is 1. The van der Waals surface area contributed by atoms with Crippen molar-refractivity contribution in [2.45, 2.75) is 0 Å². The van der Waals surface area contributed by atoms with Gasteiger partial charge in [0.25, 0.3) is 0 Å². The zero-order valence-corrected chi connectivity index (χ0v) is 9.64. The van der Waals surface area contributed by atoms with Gasteiger partial charge in [-0.2, -0.15) is 0 Å². The van der Waals surface area contributed by atoms with Gasteiger partial charge in [0.2, 0.25) is 0 Å². The van der Waals surface area contributed by atoms with Gasteiger partial charge in [-0.15, -0.1) is 0 Å². The average molecular weight is 237 g/mol. The van der Waals surface area contributed by atoms with Crippen LogP contribution in [0.1, 0.15) is 0 Å². The van der Waals surface area contributed by atoms with Crippen LogP contribution in [-0.2, 0) is 4.74 Å². The van der Waals surface area contributed by atoms with Crippen LogP contribution in [0.4, 0.5) is 0 Å². The molecular weight excluding hydrogens is 226 g/mol. The first kappa shape index (κ1) is 9.59. The summed E-state index contributed by atoms with van der Waals surface area (Å²) in [7, 11) is 0. The molecule has 3 aromatic rings. The van der Waals surface area contributed by atoms with Crippen LogP contribution in [0.3, 0.4) is 0 Å². The van der Waals surface area contributed by atoms with Gasteiger partial charge >= 0.3 is 0 Å². The molecule has 0 radical (unpaired) electrons. The summed E-state index contributed by atoms with van der Waals surface area (Å²) in [5, 5.41) is 2.30. The van der Waals surface area contributed by atoms with Crippen molar-refractivity contribution in [2.24, 2.45) is 0 Å². The SMILES string of the molecule is C(Oc1cccc2[nH]c3ccccc3c12)=C1CO1. The van der Waals surface area contributed by atoms with Crippen molar-refractivity contribution in [2.75, 3.05) is 6.61 Å². The molecule has 0 saturated carbocycles. The van der Waals surface area contributed by atoms with E-state index in [0.29, 0.717) is 6.61 Å². The lowest BCUT2D eigenvalue weighted by Crippen LogP contribution is -1.82. The largest absolute Gasteiger partial charge is 0.483 e. The number of H-pyrrole nitrogens is 1. The minimum atomic E-state index is 0.684. The Morgan fingerprint density at radius 2 is 1.89 bits per heavy atom. The van der Waals surface area contributed by atoms with Crippen molar-refractivity contribution < 1.29 is 9.47 Å². The Labute approximate surface area is 104 Å². The third-order valence-corrected chi connectivity index (χ3v) is 3.12. The summed E-state index contributed by atoms with van der Waals surface area (Å²) in [4.78, 5) is 3.39. The number of ether oxygens (including phenoxy) is 2. The zero-order valence-electron chi connectivity index (χ0n) is 9.64. The maximum atomic E-state index is 5.70. The van der Waals surface area contributed by atoms with Crippen molar-refractivity contribution in [3.63, 3.8) is 0 Å². The Morgan fingerprint density at radius 1 is 1.06 bits per heavy atom. The van der Waals surface area contributed by atoms with E-state index in [9.17, 15) is 0 Å². The van der Waals surface area contributed by atoms with Crippen LogP contribution >= 0.6 is 0 Å². The summed E-state index contributed by atoms with van der Waals surface area (Å²) in [5.41, 5.74) is 2.21. The fourth-order valence-corrected chi connectivity index (χ4v) is 2.21. The van der Waals surface area contributed by atoms with Gasteiger partial charge in [0.05, 0.1) is 5.52 Å². The summed E-state index contributed by atoms with van der Waals surface area (Å²) in [6.07, 6.45) is 1.68. The molecule has 2 aromatic carbocycles. The molecule has 1 N–H and O–H groups in total. The first-order valence-electron chi connectivity index (χ1n) is 5.90. The Bertz CT molecular complexity index is 764. The van der Waals surface area contributed by atoms with E-state index < -0.39 is 0 Å². The van der Waals surface area contributed by atoms with E-state index in [1.54, 1.807) is 6.26 Å². The number of para-hydroxylation sites is 1. The molecule has 2 heterocycles. The number of hydrogen-bond acceptors (Lipinski definition) is 2. The summed E-state index contributed by atoms with van der Waals surface area (Å²) in [6, 6.07) is 14.3. The lowest BCUT2D eigenvalue weighted by atomic mass is 10.1. The number of hydrogen-bond donors (Lipinski definition) is 1. The molecule has 1 saturated heterocycles. The van der Waals surface area contributed by atoms with Crippen LogP contribution in [0.15, 0.2) is 54.5 Å². The number of fused-ring (bicyclic) bond motifs is 3. The van der Waals surface area contributed by atoms with E-state index in [0.717, 1.165) is 27.9 Å². The lowest BCUT2D eigenvalue weighted by Gasteiger charge is -2.01. The van der Waals surface area contributed by atoms with Gasteiger partial charge in [-0.25, -0.2) is 0 Å². The second-order valence-electron chi connectivity index (χ2n) is 4.34. The van der Waals surface area contributed by atoms with Crippen LogP contribution in [0, 0.1) is 0 Å². The molecular formula is C15H11NO2. The van der Waals surface area contributed by atoms with Crippen LogP contribution in [0.25, 0.3) is 21.8 Å². The fourth-order valence-electron chi connectivity index (χ4n) is 2.21. The van der Waals surface area contributed by atoms with Gasteiger partial charge < -0.3 is 14.5 Å². The molecule has 0 unspecified atom stereocenters. The highest BCUT2D eigenvalue weighted by molar-refractivity contribution is 6.10. The molecule has 0 aliphatic carbocycles. The smallest absolute Gasteiger partial charge is 0.169 e. The van der Waals surface area contributed by atoms with Gasteiger partial charge in [0, 0.05) is 16.3 Å². The van der Waals surface area contributed by atoms with Gasteiger partial charge in [-0.3, -0.25) is 0 Å². The van der Waals surface area contributed by atoms with Gasteiger partial charge in [0.1, 0.15) is 18.6 Å². The zero-order chi connectivity index (χ0) is 11.9. The van der Waals surface area contributed by atoms with Gasteiger partial charge in [0.15, 0.2) is 5.76 Å². The first-order chi connectivity index (χ1) is 8.92. The molecule has 1 aromatic heterocycles. The molecule has 3 heteroatoms. The molecule has 0 amide bonds. The van der Waals surface area contributed by atoms with Crippen LogP contribution in [0.5, 0.6) is 5.75 Å². The van der Waals surface area contributed by atoms with E-state index in [1.165, 1.54) is 5.39 Å². The standard InChI is InChI=1S/C15H11NO2/c1-2-5-12-11(4-1)15-13(16-12)6-3-7-14(15)18-9-10-8-17-10/h1-7,9,16H,8H2. The molecule has 1 fully saturated rings. The third kappa shape index (κ3) is 1.44. The average Bonchev–Trinajstić information content (AvgIpc) is 3.15. The van der Waals surface area contributed by atoms with E-state index in [4.69, 9.17) is 9.47 Å². The van der Waals surface area contributed by atoms with Crippen molar-refractivity contribution in [3.8, 4) is 5.75 Å². The van der Waals surface area contributed by atoms with Crippen LogP contribution < -0.4 is 4.74 Å². The van der Waals surface area contributed by atoms with Crippen molar-refractivity contribution >= 4 is 21.8 Å². The summed E-state index contributed by atoms with van der Waals surface area (Å²) >= 11 is 0. The topological polar surface area (TPSA) is 37.5 Å². The summed E-state index contributed by atoms with van der Waals surface area (Å²) < 4.78 is 10.7. The number of benzene rings is 2.